The van der Waals surface area contributed by atoms with Crippen LogP contribution in [0.4, 0.5) is 10.5 Å². The van der Waals surface area contributed by atoms with E-state index in [4.69, 9.17) is 5.11 Å². The molecule has 0 spiro atoms. The molecule has 0 saturated carbocycles. The summed E-state index contributed by atoms with van der Waals surface area (Å²) in [6.45, 7) is 0.616. The highest BCUT2D eigenvalue weighted by atomic mass is 79.9. The number of benzene rings is 1. The largest absolute Gasteiger partial charge is 0.480 e. The summed E-state index contributed by atoms with van der Waals surface area (Å²) in [4.78, 5) is 36.2. The van der Waals surface area contributed by atoms with Crippen LogP contribution < -0.4 is 10.6 Å². The molecule has 124 valence electrons. The Morgan fingerprint density at radius 1 is 1.26 bits per heavy atom. The molecule has 7 nitrogen and oxygen atoms in total. The van der Waals surface area contributed by atoms with Crippen LogP contribution in [0.1, 0.15) is 19.3 Å². The Hall–Kier alpha value is -2.09. The molecule has 1 aliphatic rings. The number of rotatable bonds is 5. The van der Waals surface area contributed by atoms with Gasteiger partial charge in [-0.2, -0.15) is 0 Å². The average molecular weight is 384 g/mol. The van der Waals surface area contributed by atoms with Gasteiger partial charge in [-0.3, -0.25) is 4.79 Å². The molecule has 8 heteroatoms. The van der Waals surface area contributed by atoms with Crippen LogP contribution in [-0.4, -0.2) is 47.0 Å². The van der Waals surface area contributed by atoms with E-state index in [0.717, 1.165) is 4.47 Å². The molecule has 0 aromatic heterocycles. The maximum absolute atomic E-state index is 12.0. The van der Waals surface area contributed by atoms with Crippen molar-refractivity contribution in [1.82, 2.24) is 10.2 Å². The highest BCUT2D eigenvalue weighted by molar-refractivity contribution is 9.10. The molecule has 2 rings (SSSR count). The van der Waals surface area contributed by atoms with Crippen molar-refractivity contribution < 1.29 is 19.5 Å². The second-order valence-corrected chi connectivity index (χ2v) is 6.14. The second-order valence-electron chi connectivity index (χ2n) is 5.22. The van der Waals surface area contributed by atoms with Crippen molar-refractivity contribution in [2.75, 3.05) is 18.4 Å². The van der Waals surface area contributed by atoms with Gasteiger partial charge in [-0.15, -0.1) is 0 Å². The normalized spacial score (nSPS) is 16.9. The van der Waals surface area contributed by atoms with E-state index in [-0.39, 0.29) is 18.9 Å². The number of hydrogen-bond donors (Lipinski definition) is 3. The van der Waals surface area contributed by atoms with Crippen molar-refractivity contribution in [3.63, 3.8) is 0 Å². The molecule has 1 fully saturated rings. The molecule has 1 unspecified atom stereocenters. The maximum Gasteiger partial charge on any atom is 0.326 e. The summed E-state index contributed by atoms with van der Waals surface area (Å²) in [7, 11) is 0. The molecule has 1 aliphatic heterocycles. The third kappa shape index (κ3) is 4.95. The Labute approximate surface area is 142 Å². The number of anilines is 1. The van der Waals surface area contributed by atoms with Gasteiger partial charge in [-0.25, -0.2) is 9.59 Å². The second kappa shape index (κ2) is 7.96. The number of carboxylic acids is 1. The van der Waals surface area contributed by atoms with Crippen molar-refractivity contribution in [2.24, 2.45) is 0 Å². The fourth-order valence-electron chi connectivity index (χ4n) is 2.46. The van der Waals surface area contributed by atoms with E-state index in [1.807, 2.05) is 0 Å². The number of carbonyl (C=O) groups excluding carboxylic acids is 2. The molecule has 1 aromatic carbocycles. The summed E-state index contributed by atoms with van der Waals surface area (Å²) in [5.74, 6) is -1.23. The number of likely N-dealkylation sites (tertiary alicyclic amines) is 1. The molecule has 0 radical (unpaired) electrons. The zero-order chi connectivity index (χ0) is 16.8. The van der Waals surface area contributed by atoms with Crippen molar-refractivity contribution in [2.45, 2.75) is 25.3 Å². The molecule has 1 atom stereocenters. The van der Waals surface area contributed by atoms with Gasteiger partial charge >= 0.3 is 12.0 Å². The zero-order valence-electron chi connectivity index (χ0n) is 12.4. The van der Waals surface area contributed by atoms with Gasteiger partial charge in [0.1, 0.15) is 6.04 Å². The topological polar surface area (TPSA) is 98.7 Å². The number of hydrogen-bond acceptors (Lipinski definition) is 3. The SMILES string of the molecule is O=C(NCCC(=O)N1CCCC1C(=O)O)Nc1ccc(Br)cc1. The van der Waals surface area contributed by atoms with Crippen LogP contribution in [0, 0.1) is 0 Å². The summed E-state index contributed by atoms with van der Waals surface area (Å²) >= 11 is 3.30. The molecule has 1 heterocycles. The monoisotopic (exact) mass is 383 g/mol. The lowest BCUT2D eigenvalue weighted by Crippen LogP contribution is -2.42. The Morgan fingerprint density at radius 2 is 1.96 bits per heavy atom. The van der Waals surface area contributed by atoms with Crippen molar-refractivity contribution in [3.8, 4) is 0 Å². The third-order valence-electron chi connectivity index (χ3n) is 3.58. The number of nitrogens with zero attached hydrogens (tertiary/aromatic N) is 1. The molecular weight excluding hydrogens is 366 g/mol. The van der Waals surface area contributed by atoms with Crippen molar-refractivity contribution in [3.05, 3.63) is 28.7 Å². The number of nitrogens with one attached hydrogen (secondary N) is 2. The number of aliphatic carboxylic acids is 1. The van der Waals surface area contributed by atoms with E-state index in [0.29, 0.717) is 25.1 Å². The predicted octanol–water partition coefficient (Wildman–Crippen LogP) is 2.04. The van der Waals surface area contributed by atoms with Gasteiger partial charge in [0, 0.05) is 29.7 Å². The highest BCUT2D eigenvalue weighted by Crippen LogP contribution is 2.18. The Balaban J connectivity index is 1.73. The summed E-state index contributed by atoms with van der Waals surface area (Å²) in [6.07, 6.45) is 1.26. The summed E-state index contributed by atoms with van der Waals surface area (Å²) in [5.41, 5.74) is 0.641. The fourth-order valence-corrected chi connectivity index (χ4v) is 2.72. The average Bonchev–Trinajstić information content (AvgIpc) is 2.99. The number of carboxylic acid groups (broad SMARTS) is 1. The van der Waals surface area contributed by atoms with E-state index < -0.39 is 18.0 Å². The minimum absolute atomic E-state index is 0.0809. The van der Waals surface area contributed by atoms with Crippen LogP contribution in [0.15, 0.2) is 28.7 Å². The van der Waals surface area contributed by atoms with Crippen LogP contribution in [0.5, 0.6) is 0 Å². The maximum atomic E-state index is 12.0. The van der Waals surface area contributed by atoms with E-state index >= 15 is 0 Å². The lowest BCUT2D eigenvalue weighted by molar-refractivity contribution is -0.148. The lowest BCUT2D eigenvalue weighted by atomic mass is 10.2. The standard InChI is InChI=1S/C15H18BrN3O4/c16-10-3-5-11(6-4-10)18-15(23)17-8-7-13(20)19-9-1-2-12(19)14(21)22/h3-6,12H,1-2,7-9H2,(H,21,22)(H2,17,18,23). The number of amides is 3. The first kappa shape index (κ1) is 17.3. The number of halogens is 1. The Bertz CT molecular complexity index is 591. The molecular formula is C15H18BrN3O4. The molecule has 0 bridgehead atoms. The number of urea groups is 1. The summed E-state index contributed by atoms with van der Waals surface area (Å²) < 4.78 is 0.910. The van der Waals surface area contributed by atoms with Gasteiger partial charge in [0.05, 0.1) is 0 Å². The third-order valence-corrected chi connectivity index (χ3v) is 4.11. The molecule has 3 N–H and O–H groups in total. The summed E-state index contributed by atoms with van der Waals surface area (Å²) in [6, 6.07) is 5.96. The van der Waals surface area contributed by atoms with Crippen LogP contribution in [0.3, 0.4) is 0 Å². The van der Waals surface area contributed by atoms with Crippen molar-refractivity contribution >= 4 is 39.5 Å². The van der Waals surface area contributed by atoms with E-state index in [1.54, 1.807) is 24.3 Å². The molecule has 23 heavy (non-hydrogen) atoms. The van der Waals surface area contributed by atoms with Gasteiger partial charge in [0.15, 0.2) is 0 Å². The first-order valence-electron chi connectivity index (χ1n) is 7.30. The minimum atomic E-state index is -0.975. The molecule has 0 aliphatic carbocycles. The van der Waals surface area contributed by atoms with Crippen LogP contribution in [-0.2, 0) is 9.59 Å². The quantitative estimate of drug-likeness (QED) is 0.724. The Morgan fingerprint density at radius 3 is 2.61 bits per heavy atom. The zero-order valence-corrected chi connectivity index (χ0v) is 14.0. The predicted molar refractivity (Wildman–Crippen MR) is 88.2 cm³/mol. The van der Waals surface area contributed by atoms with Crippen LogP contribution in [0.25, 0.3) is 0 Å². The van der Waals surface area contributed by atoms with Gasteiger partial charge in [-0.05, 0) is 37.1 Å². The number of carbonyl (C=O) groups is 3. The van der Waals surface area contributed by atoms with E-state index in [9.17, 15) is 14.4 Å². The first-order chi connectivity index (χ1) is 11.0. The highest BCUT2D eigenvalue weighted by Gasteiger charge is 2.33. The molecule has 1 aromatic rings. The van der Waals surface area contributed by atoms with Crippen LogP contribution in [0.2, 0.25) is 0 Å². The minimum Gasteiger partial charge on any atom is -0.480 e. The lowest BCUT2D eigenvalue weighted by Gasteiger charge is -2.21. The fraction of sp³-hybridized carbons (Fsp3) is 0.400. The van der Waals surface area contributed by atoms with E-state index in [2.05, 4.69) is 26.6 Å². The van der Waals surface area contributed by atoms with Gasteiger partial charge in [0.2, 0.25) is 5.91 Å². The first-order valence-corrected chi connectivity index (χ1v) is 8.09. The molecule has 1 saturated heterocycles. The molecule has 3 amide bonds. The summed E-state index contributed by atoms with van der Waals surface area (Å²) in [5, 5.41) is 14.3. The van der Waals surface area contributed by atoms with Crippen molar-refractivity contribution in [1.29, 1.82) is 0 Å². The Kier molecular flexibility index (Phi) is 5.97. The van der Waals surface area contributed by atoms with E-state index in [1.165, 1.54) is 4.90 Å². The van der Waals surface area contributed by atoms with Gasteiger partial charge < -0.3 is 20.6 Å². The van der Waals surface area contributed by atoms with Gasteiger partial charge in [0.25, 0.3) is 0 Å². The van der Waals surface area contributed by atoms with Gasteiger partial charge in [-0.1, -0.05) is 15.9 Å². The van der Waals surface area contributed by atoms with Crippen LogP contribution >= 0.6 is 15.9 Å². The smallest absolute Gasteiger partial charge is 0.326 e.